The Kier molecular flexibility index (Phi) is 2.96. The van der Waals surface area contributed by atoms with Crippen molar-refractivity contribution in [1.82, 2.24) is 4.90 Å². The van der Waals surface area contributed by atoms with Crippen LogP contribution in [-0.2, 0) is 4.74 Å². The van der Waals surface area contributed by atoms with Gasteiger partial charge in [-0.05, 0) is 53.4 Å². The number of likely N-dealkylation sites (tertiary alicyclic amines) is 1. The van der Waals surface area contributed by atoms with Gasteiger partial charge in [-0.3, -0.25) is 4.90 Å². The van der Waals surface area contributed by atoms with Crippen LogP contribution >= 0.6 is 0 Å². The average molecular weight is 237 g/mol. The summed E-state index contributed by atoms with van der Waals surface area (Å²) in [4.78, 5) is 14.1. The molecule has 1 aliphatic carbocycles. The van der Waals surface area contributed by atoms with Crippen molar-refractivity contribution >= 4 is 6.09 Å². The molecule has 1 aliphatic heterocycles. The molecule has 0 aromatic heterocycles. The second-order valence-electron chi connectivity index (χ2n) is 6.33. The number of ether oxygens (including phenoxy) is 1. The Hall–Kier alpha value is -0.990. The maximum atomic E-state index is 12.2. The van der Waals surface area contributed by atoms with E-state index in [-0.39, 0.29) is 11.6 Å². The van der Waals surface area contributed by atoms with Crippen molar-refractivity contribution in [2.75, 3.05) is 6.54 Å². The summed E-state index contributed by atoms with van der Waals surface area (Å²) in [7, 11) is 0. The van der Waals surface area contributed by atoms with E-state index in [1.54, 1.807) is 0 Å². The third-order valence-electron chi connectivity index (χ3n) is 3.61. The van der Waals surface area contributed by atoms with Crippen LogP contribution in [0.5, 0.6) is 0 Å². The van der Waals surface area contributed by atoms with E-state index in [1.165, 1.54) is 5.57 Å². The van der Waals surface area contributed by atoms with E-state index in [9.17, 15) is 4.79 Å². The fourth-order valence-electron chi connectivity index (χ4n) is 2.92. The minimum absolute atomic E-state index is 0.0353. The standard InChI is InChI=1S/C14H23NO2/c1-11-6-8-14(10-11)7-5-9-15(14)12(16)17-13(2,3)4/h10H,5-9H2,1-4H3/t14-/m1/s1. The zero-order valence-corrected chi connectivity index (χ0v) is 11.4. The highest BCUT2D eigenvalue weighted by Crippen LogP contribution is 2.41. The normalized spacial score (nSPS) is 28.7. The molecule has 0 unspecified atom stereocenters. The van der Waals surface area contributed by atoms with Gasteiger partial charge in [-0.2, -0.15) is 0 Å². The minimum atomic E-state index is -0.405. The van der Waals surface area contributed by atoms with Crippen LogP contribution in [0.25, 0.3) is 0 Å². The molecule has 1 saturated heterocycles. The van der Waals surface area contributed by atoms with Crippen molar-refractivity contribution < 1.29 is 9.53 Å². The maximum Gasteiger partial charge on any atom is 0.410 e. The molecule has 1 heterocycles. The van der Waals surface area contributed by atoms with Gasteiger partial charge in [0.15, 0.2) is 0 Å². The SMILES string of the molecule is CC1=C[C@@]2(CCCN2C(=O)OC(C)(C)C)CC1. The van der Waals surface area contributed by atoms with Gasteiger partial charge in [0.05, 0.1) is 5.54 Å². The second-order valence-corrected chi connectivity index (χ2v) is 6.33. The molecule has 0 saturated carbocycles. The zero-order valence-electron chi connectivity index (χ0n) is 11.4. The van der Waals surface area contributed by atoms with Crippen molar-refractivity contribution in [1.29, 1.82) is 0 Å². The van der Waals surface area contributed by atoms with Crippen LogP contribution in [-0.4, -0.2) is 28.7 Å². The Labute approximate surface area is 104 Å². The third-order valence-corrected chi connectivity index (χ3v) is 3.61. The van der Waals surface area contributed by atoms with Crippen LogP contribution in [0.1, 0.15) is 53.4 Å². The van der Waals surface area contributed by atoms with Crippen molar-refractivity contribution in [3.8, 4) is 0 Å². The Morgan fingerprint density at radius 3 is 2.65 bits per heavy atom. The summed E-state index contributed by atoms with van der Waals surface area (Å²) in [6, 6.07) is 0. The Morgan fingerprint density at radius 2 is 2.12 bits per heavy atom. The van der Waals surface area contributed by atoms with E-state index in [0.29, 0.717) is 0 Å². The van der Waals surface area contributed by atoms with Gasteiger partial charge in [-0.1, -0.05) is 11.6 Å². The van der Waals surface area contributed by atoms with Gasteiger partial charge < -0.3 is 4.74 Å². The van der Waals surface area contributed by atoms with E-state index >= 15 is 0 Å². The number of hydrogen-bond donors (Lipinski definition) is 0. The molecule has 0 N–H and O–H groups in total. The van der Waals surface area contributed by atoms with Gasteiger partial charge in [0.2, 0.25) is 0 Å². The van der Waals surface area contributed by atoms with Gasteiger partial charge in [0, 0.05) is 6.54 Å². The molecule has 17 heavy (non-hydrogen) atoms. The molecular weight excluding hydrogens is 214 g/mol. The summed E-state index contributed by atoms with van der Waals surface area (Å²) in [6.07, 6.45) is 6.48. The van der Waals surface area contributed by atoms with Gasteiger partial charge in [0.1, 0.15) is 5.60 Å². The van der Waals surface area contributed by atoms with Gasteiger partial charge in [-0.25, -0.2) is 4.79 Å². The summed E-state index contributed by atoms with van der Waals surface area (Å²) < 4.78 is 5.50. The zero-order chi connectivity index (χ0) is 12.7. The van der Waals surface area contributed by atoms with Crippen LogP contribution in [0, 0.1) is 0 Å². The van der Waals surface area contributed by atoms with Crippen molar-refractivity contribution in [2.24, 2.45) is 0 Å². The lowest BCUT2D eigenvalue weighted by Gasteiger charge is -2.35. The molecular formula is C14H23NO2. The first-order valence-corrected chi connectivity index (χ1v) is 6.51. The summed E-state index contributed by atoms with van der Waals surface area (Å²) >= 11 is 0. The summed E-state index contributed by atoms with van der Waals surface area (Å²) in [6.45, 7) is 8.75. The van der Waals surface area contributed by atoms with E-state index in [1.807, 2.05) is 25.7 Å². The van der Waals surface area contributed by atoms with Gasteiger partial charge in [-0.15, -0.1) is 0 Å². The predicted molar refractivity (Wildman–Crippen MR) is 67.9 cm³/mol. The van der Waals surface area contributed by atoms with Gasteiger partial charge in [0.25, 0.3) is 0 Å². The van der Waals surface area contributed by atoms with Crippen LogP contribution < -0.4 is 0 Å². The Balaban J connectivity index is 2.13. The highest BCUT2D eigenvalue weighted by atomic mass is 16.6. The van der Waals surface area contributed by atoms with Crippen LogP contribution in [0.3, 0.4) is 0 Å². The molecule has 1 atom stereocenters. The largest absolute Gasteiger partial charge is 0.444 e. The lowest BCUT2D eigenvalue weighted by molar-refractivity contribution is 0.0147. The molecule has 2 rings (SSSR count). The first kappa shape index (κ1) is 12.5. The fourth-order valence-corrected chi connectivity index (χ4v) is 2.92. The quantitative estimate of drug-likeness (QED) is 0.603. The molecule has 0 bridgehead atoms. The first-order chi connectivity index (χ1) is 7.82. The Morgan fingerprint density at radius 1 is 1.41 bits per heavy atom. The summed E-state index contributed by atoms with van der Waals surface area (Å²) in [5.41, 5.74) is 0.963. The summed E-state index contributed by atoms with van der Waals surface area (Å²) in [5, 5.41) is 0. The number of allylic oxidation sites excluding steroid dienone is 1. The average Bonchev–Trinajstić information content (AvgIpc) is 2.72. The van der Waals surface area contributed by atoms with E-state index in [2.05, 4.69) is 13.0 Å². The first-order valence-electron chi connectivity index (χ1n) is 6.51. The maximum absolute atomic E-state index is 12.2. The Bertz CT molecular complexity index is 354. The highest BCUT2D eigenvalue weighted by Gasteiger charge is 2.45. The third kappa shape index (κ3) is 2.48. The number of amides is 1. The summed E-state index contributed by atoms with van der Waals surface area (Å²) in [5.74, 6) is 0. The molecule has 1 amide bonds. The van der Waals surface area contributed by atoms with E-state index in [0.717, 1.165) is 32.2 Å². The van der Waals surface area contributed by atoms with Crippen LogP contribution in [0.15, 0.2) is 11.6 Å². The molecule has 0 aromatic carbocycles. The van der Waals surface area contributed by atoms with Crippen molar-refractivity contribution in [3.05, 3.63) is 11.6 Å². The van der Waals surface area contributed by atoms with E-state index < -0.39 is 5.60 Å². The number of rotatable bonds is 0. The van der Waals surface area contributed by atoms with E-state index in [4.69, 9.17) is 4.74 Å². The van der Waals surface area contributed by atoms with Crippen molar-refractivity contribution in [2.45, 2.75) is 64.5 Å². The molecule has 0 radical (unpaired) electrons. The van der Waals surface area contributed by atoms with Crippen LogP contribution in [0.4, 0.5) is 4.79 Å². The smallest absolute Gasteiger partial charge is 0.410 e. The number of carbonyl (C=O) groups is 1. The molecule has 3 nitrogen and oxygen atoms in total. The lowest BCUT2D eigenvalue weighted by Crippen LogP contribution is -2.46. The number of carbonyl (C=O) groups excluding carboxylic acids is 1. The van der Waals surface area contributed by atoms with Crippen molar-refractivity contribution in [3.63, 3.8) is 0 Å². The second kappa shape index (κ2) is 4.04. The van der Waals surface area contributed by atoms with Gasteiger partial charge >= 0.3 is 6.09 Å². The molecule has 0 aromatic rings. The van der Waals surface area contributed by atoms with Crippen LogP contribution in [0.2, 0.25) is 0 Å². The minimum Gasteiger partial charge on any atom is -0.444 e. The predicted octanol–water partition coefficient (Wildman–Crippen LogP) is 3.50. The highest BCUT2D eigenvalue weighted by molar-refractivity contribution is 5.70. The molecule has 1 fully saturated rings. The monoisotopic (exact) mass is 237 g/mol. The molecule has 2 aliphatic rings. The molecule has 3 heteroatoms. The molecule has 1 spiro atoms. The number of nitrogens with zero attached hydrogens (tertiary/aromatic N) is 1. The lowest BCUT2D eigenvalue weighted by atomic mass is 9.96. The fraction of sp³-hybridized carbons (Fsp3) is 0.786. The number of hydrogen-bond acceptors (Lipinski definition) is 2. The molecule has 96 valence electrons. The topological polar surface area (TPSA) is 29.5 Å².